The van der Waals surface area contributed by atoms with Gasteiger partial charge in [0, 0.05) is 43.9 Å². The van der Waals surface area contributed by atoms with Gasteiger partial charge in [-0.15, -0.1) is 0 Å². The lowest BCUT2D eigenvalue weighted by molar-refractivity contribution is -0.138. The normalized spacial score (nSPS) is 17.7. The number of benzene rings is 1. The van der Waals surface area contributed by atoms with E-state index < -0.39 is 24.0 Å². The van der Waals surface area contributed by atoms with Gasteiger partial charge in [0.1, 0.15) is 18.1 Å². The average molecular weight is 637 g/mol. The highest BCUT2D eigenvalue weighted by atomic mass is 16.2. The van der Waals surface area contributed by atoms with Crippen LogP contribution in [0.15, 0.2) is 53.9 Å². The van der Waals surface area contributed by atoms with Gasteiger partial charge in [0.2, 0.25) is 23.6 Å². The largest absolute Gasteiger partial charge is 0.375 e. The number of carbonyl (C=O) groups is 6. The van der Waals surface area contributed by atoms with E-state index in [1.165, 1.54) is 28.9 Å². The molecule has 0 spiro atoms. The summed E-state index contributed by atoms with van der Waals surface area (Å²) in [7, 11) is 1.56. The van der Waals surface area contributed by atoms with Crippen LogP contribution in [0.25, 0.3) is 0 Å². The van der Waals surface area contributed by atoms with Crippen molar-refractivity contribution in [1.82, 2.24) is 31.1 Å². The number of carbonyl (C=O) groups excluding carboxylic acids is 6. The first-order valence-corrected chi connectivity index (χ1v) is 15.9. The fourth-order valence-electron chi connectivity index (χ4n) is 5.67. The van der Waals surface area contributed by atoms with E-state index >= 15 is 0 Å². The molecule has 3 rings (SSSR count). The van der Waals surface area contributed by atoms with Crippen molar-refractivity contribution in [2.75, 3.05) is 33.2 Å². The summed E-state index contributed by atoms with van der Waals surface area (Å²) in [4.78, 5) is 80.5. The maximum atomic E-state index is 13.9. The first kappa shape index (κ1) is 36.0. The minimum atomic E-state index is -0.869. The van der Waals surface area contributed by atoms with Crippen LogP contribution in [0.4, 0.5) is 0 Å². The van der Waals surface area contributed by atoms with Crippen molar-refractivity contribution in [3.63, 3.8) is 0 Å². The van der Waals surface area contributed by atoms with Crippen LogP contribution in [0.2, 0.25) is 0 Å². The van der Waals surface area contributed by atoms with Crippen molar-refractivity contribution in [1.29, 1.82) is 0 Å². The molecule has 2 aliphatic heterocycles. The number of hydrogen-bond donors (Lipinski definition) is 4. The van der Waals surface area contributed by atoms with E-state index in [-0.39, 0.29) is 73.7 Å². The van der Waals surface area contributed by atoms with Crippen molar-refractivity contribution in [3.8, 4) is 0 Å². The Bertz CT molecular complexity index is 1360. The second kappa shape index (κ2) is 16.7. The summed E-state index contributed by atoms with van der Waals surface area (Å²) in [5.74, 6) is -1.81. The van der Waals surface area contributed by atoms with Crippen molar-refractivity contribution >= 4 is 35.2 Å². The molecule has 1 aromatic rings. The van der Waals surface area contributed by atoms with Gasteiger partial charge in [-0.1, -0.05) is 64.4 Å². The molecule has 12 nitrogen and oxygen atoms in total. The molecule has 46 heavy (non-hydrogen) atoms. The number of nitrogens with zero attached hydrogens (tertiary/aromatic N) is 2. The zero-order valence-electron chi connectivity index (χ0n) is 27.7. The Hall–Kier alpha value is -4.48. The van der Waals surface area contributed by atoms with Gasteiger partial charge in [0.15, 0.2) is 11.6 Å². The number of ketones is 2. The monoisotopic (exact) mass is 636 g/mol. The van der Waals surface area contributed by atoms with Crippen LogP contribution in [0, 0.1) is 11.8 Å². The van der Waals surface area contributed by atoms with Crippen molar-refractivity contribution in [3.05, 3.63) is 59.4 Å². The molecule has 0 radical (unpaired) electrons. The molecule has 0 aliphatic carbocycles. The Labute approximate surface area is 271 Å². The molecule has 4 N–H and O–H groups in total. The third-order valence-electron chi connectivity index (χ3n) is 8.12. The molecule has 0 saturated heterocycles. The molecule has 0 bridgehead atoms. The summed E-state index contributed by atoms with van der Waals surface area (Å²) in [6.07, 6.45) is 4.25. The summed E-state index contributed by atoms with van der Waals surface area (Å²) in [5.41, 5.74) is 1.74. The Morgan fingerprint density at radius 1 is 0.804 bits per heavy atom. The van der Waals surface area contributed by atoms with Gasteiger partial charge in [-0.25, -0.2) is 0 Å². The van der Waals surface area contributed by atoms with Gasteiger partial charge >= 0.3 is 0 Å². The Kier molecular flexibility index (Phi) is 13.1. The van der Waals surface area contributed by atoms with Crippen LogP contribution in [-0.4, -0.2) is 96.3 Å². The Morgan fingerprint density at radius 3 is 1.85 bits per heavy atom. The fraction of sp³-hybridized carbons (Fsp3) is 0.529. The van der Waals surface area contributed by atoms with Gasteiger partial charge in [-0.05, 0) is 23.8 Å². The van der Waals surface area contributed by atoms with Gasteiger partial charge in [-0.2, -0.15) is 0 Å². The minimum absolute atomic E-state index is 0.0169. The quantitative estimate of drug-likeness (QED) is 0.236. The van der Waals surface area contributed by atoms with Gasteiger partial charge in [0.25, 0.3) is 0 Å². The first-order chi connectivity index (χ1) is 21.8. The van der Waals surface area contributed by atoms with Crippen molar-refractivity contribution in [2.24, 2.45) is 11.8 Å². The lowest BCUT2D eigenvalue weighted by Crippen LogP contribution is -2.55. The van der Waals surface area contributed by atoms with Gasteiger partial charge in [-0.3, -0.25) is 28.8 Å². The number of nitrogens with one attached hydrogen (secondary N) is 4. The second-order valence-electron chi connectivity index (χ2n) is 12.6. The predicted octanol–water partition coefficient (Wildman–Crippen LogP) is 1.08. The number of hydrogen-bond acceptors (Lipinski definition) is 8. The van der Waals surface area contributed by atoms with E-state index in [1.807, 2.05) is 58.0 Å². The highest BCUT2D eigenvalue weighted by Gasteiger charge is 2.34. The van der Waals surface area contributed by atoms with E-state index in [2.05, 4.69) is 21.3 Å². The maximum Gasteiger partial charge on any atom is 0.246 e. The number of amides is 4. The average Bonchev–Trinajstić information content (AvgIpc) is 3.01. The summed E-state index contributed by atoms with van der Waals surface area (Å²) < 4.78 is 0. The fourth-order valence-corrected chi connectivity index (χ4v) is 5.67. The highest BCUT2D eigenvalue weighted by Crippen LogP contribution is 2.18. The summed E-state index contributed by atoms with van der Waals surface area (Å²) in [5, 5.41) is 11.8. The zero-order chi connectivity index (χ0) is 34.0. The second-order valence-corrected chi connectivity index (χ2v) is 12.6. The lowest BCUT2D eigenvalue weighted by Gasteiger charge is -2.35. The molecule has 4 amide bonds. The molecule has 2 heterocycles. The summed E-state index contributed by atoms with van der Waals surface area (Å²) in [6, 6.07) is 7.07. The van der Waals surface area contributed by atoms with Crippen LogP contribution in [0.1, 0.15) is 53.0 Å². The van der Waals surface area contributed by atoms with Crippen molar-refractivity contribution < 1.29 is 28.8 Å². The standard InChI is InChI=1S/C34H48N6O6/c1-7-22(4)31(32(44)35-6)38-26-16-28(43)20-40(18-26)33(45)29(13-21(2)3)37-25-15-27(42)19-39(17-25)34(46)30(36-23(5)41)14-24-11-9-8-10-12-24/h8-12,15-16,21-22,29-31,37-38H,7,13-14,17-20H2,1-6H3,(H,35,44)(H,36,41)/t22?,29-,30-,31-/m0/s1. The maximum absolute atomic E-state index is 13.9. The predicted molar refractivity (Wildman–Crippen MR) is 174 cm³/mol. The molecular weight excluding hydrogens is 588 g/mol. The van der Waals surface area contributed by atoms with Gasteiger partial charge < -0.3 is 31.1 Å². The molecule has 0 saturated carbocycles. The molecule has 12 heteroatoms. The molecule has 1 unspecified atom stereocenters. The molecule has 0 fully saturated rings. The lowest BCUT2D eigenvalue weighted by atomic mass is 9.97. The summed E-state index contributed by atoms with van der Waals surface area (Å²) in [6.45, 7) is 9.08. The molecule has 2 aliphatic rings. The van der Waals surface area contributed by atoms with E-state index in [4.69, 9.17) is 0 Å². The van der Waals surface area contributed by atoms with Crippen LogP contribution < -0.4 is 21.3 Å². The van der Waals surface area contributed by atoms with E-state index in [9.17, 15) is 28.8 Å². The van der Waals surface area contributed by atoms with E-state index in [0.29, 0.717) is 17.8 Å². The zero-order valence-corrected chi connectivity index (χ0v) is 27.7. The molecular formula is C34H48N6O6. The number of rotatable bonds is 14. The Balaban J connectivity index is 1.77. The van der Waals surface area contributed by atoms with Crippen molar-refractivity contribution in [2.45, 2.75) is 72.0 Å². The van der Waals surface area contributed by atoms with E-state index in [0.717, 1.165) is 12.0 Å². The third-order valence-corrected chi connectivity index (χ3v) is 8.12. The summed E-state index contributed by atoms with van der Waals surface area (Å²) >= 11 is 0. The van der Waals surface area contributed by atoms with E-state index in [1.54, 1.807) is 7.05 Å². The van der Waals surface area contributed by atoms with Crippen LogP contribution >= 0.6 is 0 Å². The third kappa shape index (κ3) is 10.3. The van der Waals surface area contributed by atoms with Crippen LogP contribution in [-0.2, 0) is 35.2 Å². The van der Waals surface area contributed by atoms with Crippen LogP contribution in [0.3, 0.4) is 0 Å². The van der Waals surface area contributed by atoms with Gasteiger partial charge in [0.05, 0.1) is 26.2 Å². The first-order valence-electron chi connectivity index (χ1n) is 15.9. The minimum Gasteiger partial charge on any atom is -0.375 e. The molecule has 0 aromatic heterocycles. The topological polar surface area (TPSA) is 157 Å². The SMILES string of the molecule is CCC(C)[C@H](NC1=CC(=O)CN(C(=O)[C@H](CC(C)C)NC2=CC(=O)CN(C(=O)[C@H](Cc3ccccc3)NC(C)=O)C2)C1)C(=O)NC. The number of likely N-dealkylation sites (N-methyl/N-ethyl adjacent to an activating group) is 1. The molecule has 4 atom stereocenters. The molecule has 1 aromatic carbocycles. The smallest absolute Gasteiger partial charge is 0.246 e. The Morgan fingerprint density at radius 2 is 1.35 bits per heavy atom. The van der Waals surface area contributed by atoms with Crippen LogP contribution in [0.5, 0.6) is 0 Å². The highest BCUT2D eigenvalue weighted by molar-refractivity contribution is 5.99. The molecule has 250 valence electrons.